The Morgan fingerprint density at radius 3 is 2.57 bits per heavy atom. The van der Waals surface area contributed by atoms with Gasteiger partial charge in [0.2, 0.25) is 10.0 Å². The number of rotatable bonds is 5. The van der Waals surface area contributed by atoms with Gasteiger partial charge in [0.1, 0.15) is 0 Å². The van der Waals surface area contributed by atoms with E-state index >= 15 is 0 Å². The summed E-state index contributed by atoms with van der Waals surface area (Å²) in [4.78, 5) is 0.228. The molecule has 0 fully saturated rings. The smallest absolute Gasteiger partial charge is 0.240 e. The van der Waals surface area contributed by atoms with Gasteiger partial charge in [-0.2, -0.15) is 0 Å². The van der Waals surface area contributed by atoms with Crippen LogP contribution in [0.25, 0.3) is 0 Å². The largest absolute Gasteiger partial charge is 0.320 e. The SMILES string of the molecule is CC(C)C(C)(C)CNS(=O)(=O)c1cccc(C#CCN)c1. The summed E-state index contributed by atoms with van der Waals surface area (Å²) in [6, 6.07) is 6.58. The Balaban J connectivity index is 2.93. The number of hydrogen-bond donors (Lipinski definition) is 2. The van der Waals surface area contributed by atoms with E-state index in [4.69, 9.17) is 5.73 Å². The molecular weight excluding hydrogens is 284 g/mol. The molecule has 0 radical (unpaired) electrons. The third-order valence-electron chi connectivity index (χ3n) is 3.76. The van der Waals surface area contributed by atoms with Crippen LogP contribution in [-0.4, -0.2) is 21.5 Å². The van der Waals surface area contributed by atoms with E-state index in [0.717, 1.165) is 0 Å². The first kappa shape index (κ1) is 17.7. The van der Waals surface area contributed by atoms with Gasteiger partial charge in [0.15, 0.2) is 0 Å². The summed E-state index contributed by atoms with van der Waals surface area (Å²) >= 11 is 0. The molecule has 1 aromatic carbocycles. The molecule has 0 unspecified atom stereocenters. The maximum Gasteiger partial charge on any atom is 0.240 e. The van der Waals surface area contributed by atoms with Crippen molar-refractivity contribution in [2.75, 3.05) is 13.1 Å². The van der Waals surface area contributed by atoms with Crippen molar-refractivity contribution < 1.29 is 8.42 Å². The number of nitrogens with one attached hydrogen (secondary N) is 1. The standard InChI is InChI=1S/C16H24N2O2S/c1-13(2)16(3,4)12-18-21(19,20)15-9-5-7-14(11-15)8-6-10-17/h5,7,9,11,13,18H,10,12,17H2,1-4H3. The van der Waals surface area contributed by atoms with Gasteiger partial charge in [0.25, 0.3) is 0 Å². The molecule has 0 amide bonds. The van der Waals surface area contributed by atoms with Crippen LogP contribution < -0.4 is 10.5 Å². The monoisotopic (exact) mass is 308 g/mol. The van der Waals surface area contributed by atoms with E-state index in [1.54, 1.807) is 24.3 Å². The average molecular weight is 308 g/mol. The van der Waals surface area contributed by atoms with E-state index in [0.29, 0.717) is 18.0 Å². The average Bonchev–Trinajstić information content (AvgIpc) is 2.43. The van der Waals surface area contributed by atoms with Gasteiger partial charge >= 0.3 is 0 Å². The van der Waals surface area contributed by atoms with E-state index in [-0.39, 0.29) is 16.9 Å². The van der Waals surface area contributed by atoms with Gasteiger partial charge in [-0.3, -0.25) is 0 Å². The fraction of sp³-hybridized carbons (Fsp3) is 0.500. The van der Waals surface area contributed by atoms with Crippen LogP contribution in [0, 0.1) is 23.2 Å². The Bertz CT molecular complexity index is 638. The summed E-state index contributed by atoms with van der Waals surface area (Å²) in [7, 11) is -3.52. The molecule has 0 aliphatic carbocycles. The summed E-state index contributed by atoms with van der Waals surface area (Å²) in [6.07, 6.45) is 0. The van der Waals surface area contributed by atoms with Crippen molar-refractivity contribution >= 4 is 10.0 Å². The van der Waals surface area contributed by atoms with Crippen molar-refractivity contribution in [3.05, 3.63) is 29.8 Å². The summed E-state index contributed by atoms with van der Waals surface area (Å²) < 4.78 is 27.4. The lowest BCUT2D eigenvalue weighted by Gasteiger charge is -2.29. The number of nitrogens with two attached hydrogens (primary N) is 1. The van der Waals surface area contributed by atoms with Crippen LogP contribution >= 0.6 is 0 Å². The van der Waals surface area contributed by atoms with Gasteiger partial charge in [-0.05, 0) is 29.5 Å². The number of benzene rings is 1. The van der Waals surface area contributed by atoms with Gasteiger partial charge in [0.05, 0.1) is 11.4 Å². The molecule has 0 aliphatic rings. The molecule has 0 aromatic heterocycles. The molecule has 0 atom stereocenters. The van der Waals surface area contributed by atoms with Crippen molar-refractivity contribution in [2.24, 2.45) is 17.1 Å². The molecule has 21 heavy (non-hydrogen) atoms. The van der Waals surface area contributed by atoms with Gasteiger partial charge in [0, 0.05) is 12.1 Å². The van der Waals surface area contributed by atoms with Gasteiger partial charge in [-0.1, -0.05) is 45.6 Å². The van der Waals surface area contributed by atoms with Crippen molar-refractivity contribution in [3.8, 4) is 11.8 Å². The van der Waals surface area contributed by atoms with E-state index in [1.165, 1.54) is 0 Å². The third-order valence-corrected chi connectivity index (χ3v) is 5.16. The van der Waals surface area contributed by atoms with Crippen molar-refractivity contribution in [1.29, 1.82) is 0 Å². The predicted molar refractivity (Wildman–Crippen MR) is 86.2 cm³/mol. The first-order valence-electron chi connectivity index (χ1n) is 6.98. The fourth-order valence-electron chi connectivity index (χ4n) is 1.46. The Kier molecular flexibility index (Phi) is 5.97. The molecular formula is C16H24N2O2S. The molecule has 0 spiro atoms. The lowest BCUT2D eigenvalue weighted by molar-refractivity contribution is 0.252. The summed E-state index contributed by atoms with van der Waals surface area (Å²) in [5, 5.41) is 0. The minimum Gasteiger partial charge on any atom is -0.320 e. The van der Waals surface area contributed by atoms with Crippen LogP contribution in [0.15, 0.2) is 29.2 Å². The quantitative estimate of drug-likeness (QED) is 0.817. The molecule has 0 saturated carbocycles. The second-order valence-electron chi connectivity index (χ2n) is 6.00. The van der Waals surface area contributed by atoms with Crippen LogP contribution in [0.2, 0.25) is 0 Å². The Morgan fingerprint density at radius 1 is 1.33 bits per heavy atom. The zero-order chi connectivity index (χ0) is 16.1. The highest BCUT2D eigenvalue weighted by atomic mass is 32.2. The normalized spacial score (nSPS) is 12.1. The molecule has 3 N–H and O–H groups in total. The Morgan fingerprint density at radius 2 is 2.00 bits per heavy atom. The highest BCUT2D eigenvalue weighted by molar-refractivity contribution is 7.89. The van der Waals surface area contributed by atoms with Crippen molar-refractivity contribution in [1.82, 2.24) is 4.72 Å². The highest BCUT2D eigenvalue weighted by Crippen LogP contribution is 2.25. The molecule has 0 heterocycles. The maximum absolute atomic E-state index is 12.3. The van der Waals surface area contributed by atoms with Crippen LogP contribution in [0.3, 0.4) is 0 Å². The lowest BCUT2D eigenvalue weighted by atomic mass is 9.81. The van der Waals surface area contributed by atoms with Crippen LogP contribution in [0.1, 0.15) is 33.3 Å². The Hall–Kier alpha value is -1.35. The molecule has 116 valence electrons. The predicted octanol–water partition coefficient (Wildman–Crippen LogP) is 1.96. The van der Waals surface area contributed by atoms with Gasteiger partial charge in [-0.15, -0.1) is 0 Å². The molecule has 1 aromatic rings. The first-order chi connectivity index (χ1) is 9.69. The molecule has 0 aliphatic heterocycles. The van der Waals surface area contributed by atoms with Crippen molar-refractivity contribution in [2.45, 2.75) is 32.6 Å². The van der Waals surface area contributed by atoms with Crippen molar-refractivity contribution in [3.63, 3.8) is 0 Å². The second-order valence-corrected chi connectivity index (χ2v) is 7.77. The van der Waals surface area contributed by atoms with Gasteiger partial charge < -0.3 is 5.73 Å². The number of hydrogen-bond acceptors (Lipinski definition) is 3. The molecule has 4 nitrogen and oxygen atoms in total. The summed E-state index contributed by atoms with van der Waals surface area (Å²) in [5.41, 5.74) is 5.86. The molecule has 5 heteroatoms. The zero-order valence-corrected chi connectivity index (χ0v) is 13.9. The topological polar surface area (TPSA) is 72.2 Å². The molecule has 0 saturated heterocycles. The van der Waals surface area contributed by atoms with Crippen LogP contribution in [0.4, 0.5) is 0 Å². The van der Waals surface area contributed by atoms with Gasteiger partial charge in [-0.25, -0.2) is 13.1 Å². The zero-order valence-electron chi connectivity index (χ0n) is 13.1. The summed E-state index contributed by atoms with van der Waals surface area (Å²) in [5.74, 6) is 5.93. The van der Waals surface area contributed by atoms with E-state index < -0.39 is 10.0 Å². The molecule has 1 rings (SSSR count). The Labute approximate surface area is 128 Å². The van der Waals surface area contributed by atoms with E-state index in [9.17, 15) is 8.42 Å². The molecule has 0 bridgehead atoms. The van der Waals surface area contributed by atoms with E-state index in [2.05, 4.69) is 30.4 Å². The maximum atomic E-state index is 12.3. The van der Waals surface area contributed by atoms with E-state index in [1.807, 2.05) is 13.8 Å². The summed E-state index contributed by atoms with van der Waals surface area (Å²) in [6.45, 7) is 8.89. The van der Waals surface area contributed by atoms with Crippen LogP contribution in [0.5, 0.6) is 0 Å². The third kappa shape index (κ3) is 5.16. The minimum atomic E-state index is -3.52. The number of sulfonamides is 1. The lowest BCUT2D eigenvalue weighted by Crippen LogP contribution is -2.36. The minimum absolute atomic E-state index is 0.107. The highest BCUT2D eigenvalue weighted by Gasteiger charge is 2.25. The fourth-order valence-corrected chi connectivity index (χ4v) is 2.73. The second kappa shape index (κ2) is 7.08. The first-order valence-corrected chi connectivity index (χ1v) is 8.46. The van der Waals surface area contributed by atoms with Crippen LogP contribution in [-0.2, 0) is 10.0 Å².